The number of amides is 2. The quantitative estimate of drug-likeness (QED) is 0.390. The number of carbonyl (C=O) groups excluding carboxylic acids is 2. The molecule has 4 aromatic rings. The molecule has 1 aliphatic carbocycles. The van der Waals surface area contributed by atoms with Gasteiger partial charge < -0.3 is 9.88 Å². The summed E-state index contributed by atoms with van der Waals surface area (Å²) in [5.74, 6) is -0.932. The lowest BCUT2D eigenvalue weighted by Crippen LogP contribution is -2.36. The number of aryl methyl sites for hydroxylation is 2. The largest absolute Gasteiger partial charge is 0.308 e. The van der Waals surface area contributed by atoms with Gasteiger partial charge in [-0.25, -0.2) is 4.39 Å². The fourth-order valence-corrected chi connectivity index (χ4v) is 5.45. The molecule has 0 unspecified atom stereocenters. The highest BCUT2D eigenvalue weighted by Crippen LogP contribution is 2.28. The van der Waals surface area contributed by atoms with Gasteiger partial charge in [0.05, 0.1) is 16.6 Å². The van der Waals surface area contributed by atoms with Crippen molar-refractivity contribution in [2.45, 2.75) is 38.9 Å². The van der Waals surface area contributed by atoms with Crippen molar-refractivity contribution in [2.24, 2.45) is 0 Å². The van der Waals surface area contributed by atoms with Gasteiger partial charge >= 0.3 is 0 Å². The molecule has 0 fully saturated rings. The van der Waals surface area contributed by atoms with E-state index >= 15 is 0 Å². The molecule has 2 amide bonds. The average molecular weight is 496 g/mol. The number of nitrogens with one attached hydrogen (secondary N) is 1. The first kappa shape index (κ1) is 23.3. The van der Waals surface area contributed by atoms with Crippen molar-refractivity contribution in [1.82, 2.24) is 14.8 Å². The summed E-state index contributed by atoms with van der Waals surface area (Å²) in [5, 5.41) is 4.26. The van der Waals surface area contributed by atoms with Crippen molar-refractivity contribution in [3.63, 3.8) is 0 Å². The van der Waals surface area contributed by atoms with Gasteiger partial charge in [0.2, 0.25) is 0 Å². The number of nitrogens with zero attached hydrogens (tertiary/aromatic N) is 2. The van der Waals surface area contributed by atoms with Gasteiger partial charge in [-0.05, 0) is 83.8 Å². The number of hydrogen-bond donors (Lipinski definition) is 1. The Bertz CT molecular complexity index is 1570. The van der Waals surface area contributed by atoms with Crippen molar-refractivity contribution >= 4 is 22.7 Å². The van der Waals surface area contributed by atoms with Crippen molar-refractivity contribution in [2.75, 3.05) is 6.54 Å². The van der Waals surface area contributed by atoms with E-state index in [0.29, 0.717) is 29.8 Å². The van der Waals surface area contributed by atoms with Gasteiger partial charge in [-0.1, -0.05) is 24.3 Å². The Kier molecular flexibility index (Phi) is 5.93. The zero-order valence-electron chi connectivity index (χ0n) is 20.3. The summed E-state index contributed by atoms with van der Waals surface area (Å²) in [6.45, 7) is 1.17. The van der Waals surface area contributed by atoms with Crippen LogP contribution in [0.1, 0.15) is 49.4 Å². The highest BCUT2D eigenvalue weighted by molar-refractivity contribution is 6.21. The predicted molar refractivity (Wildman–Crippen MR) is 139 cm³/mol. The second kappa shape index (κ2) is 9.41. The molecule has 6 rings (SSSR count). The summed E-state index contributed by atoms with van der Waals surface area (Å²) >= 11 is 0. The van der Waals surface area contributed by atoms with E-state index in [1.807, 2.05) is 6.07 Å². The minimum absolute atomic E-state index is 0.116. The number of halogens is 1. The van der Waals surface area contributed by atoms with Gasteiger partial charge in [0.25, 0.3) is 17.4 Å². The van der Waals surface area contributed by atoms with Crippen molar-refractivity contribution < 1.29 is 14.0 Å². The zero-order chi connectivity index (χ0) is 25.5. The number of rotatable bonds is 7. The van der Waals surface area contributed by atoms with Crippen LogP contribution in [-0.2, 0) is 32.5 Å². The second-order valence-corrected chi connectivity index (χ2v) is 9.70. The van der Waals surface area contributed by atoms with Gasteiger partial charge in [0.15, 0.2) is 0 Å². The summed E-state index contributed by atoms with van der Waals surface area (Å²) in [4.78, 5) is 40.6. The molecule has 1 N–H and O–H groups in total. The van der Waals surface area contributed by atoms with E-state index in [2.05, 4.69) is 17.4 Å². The number of fused-ring (bicyclic) bond motifs is 3. The number of carbonyl (C=O) groups is 2. The van der Waals surface area contributed by atoms with Crippen LogP contribution in [0.5, 0.6) is 0 Å². The summed E-state index contributed by atoms with van der Waals surface area (Å²) < 4.78 is 14.9. The zero-order valence-corrected chi connectivity index (χ0v) is 20.3. The molecular weight excluding hydrogens is 469 g/mol. The Labute approximate surface area is 213 Å². The molecule has 1 aromatic heterocycles. The molecule has 7 heteroatoms. The molecule has 0 saturated heterocycles. The number of hydrogen-bond acceptors (Lipinski definition) is 4. The van der Waals surface area contributed by atoms with Crippen LogP contribution < -0.4 is 10.9 Å². The van der Waals surface area contributed by atoms with Gasteiger partial charge in [0.1, 0.15) is 5.82 Å². The van der Waals surface area contributed by atoms with Crippen LogP contribution in [0.4, 0.5) is 4.39 Å². The molecule has 37 heavy (non-hydrogen) atoms. The normalized spacial score (nSPS) is 14.5. The number of pyridine rings is 1. The van der Waals surface area contributed by atoms with E-state index in [-0.39, 0.29) is 36.3 Å². The summed E-state index contributed by atoms with van der Waals surface area (Å²) in [5.41, 5.74) is 5.58. The highest BCUT2D eigenvalue weighted by Gasteiger charge is 2.34. The molecule has 0 radical (unpaired) electrons. The average Bonchev–Trinajstić information content (AvgIpc) is 3.46. The van der Waals surface area contributed by atoms with Crippen LogP contribution >= 0.6 is 0 Å². The third-order valence-corrected chi connectivity index (χ3v) is 7.36. The molecule has 2 heterocycles. The number of imide groups is 1. The standard InChI is InChI=1S/C30H26FN3O3/c31-24-10-8-19(9-11-24)17-32-18-23-15-22-14-20-4-3-5-21(20)16-27(22)33(28(23)35)12-13-34-29(36)25-6-1-2-7-26(25)30(34)37/h1-2,6-11,14-16,32H,3-5,12-13,17-18H2. The topological polar surface area (TPSA) is 71.4 Å². The lowest BCUT2D eigenvalue weighted by molar-refractivity contribution is 0.0649. The number of aromatic nitrogens is 1. The highest BCUT2D eigenvalue weighted by atomic mass is 19.1. The lowest BCUT2D eigenvalue weighted by Gasteiger charge is -2.18. The van der Waals surface area contributed by atoms with Crippen molar-refractivity contribution in [1.29, 1.82) is 0 Å². The van der Waals surface area contributed by atoms with Crippen LogP contribution in [0, 0.1) is 5.82 Å². The van der Waals surface area contributed by atoms with Gasteiger partial charge in [-0.3, -0.25) is 19.3 Å². The van der Waals surface area contributed by atoms with Crippen molar-refractivity contribution in [3.8, 4) is 0 Å². The molecule has 3 aromatic carbocycles. The molecule has 0 atom stereocenters. The van der Waals surface area contributed by atoms with E-state index in [4.69, 9.17) is 0 Å². The monoisotopic (exact) mass is 495 g/mol. The maximum absolute atomic E-state index is 13.6. The summed E-state index contributed by atoms with van der Waals surface area (Å²) in [6, 6.07) is 19.3. The fourth-order valence-electron chi connectivity index (χ4n) is 5.45. The Hall–Kier alpha value is -4.10. The first-order valence-electron chi connectivity index (χ1n) is 12.6. The Morgan fingerprint density at radius 3 is 2.16 bits per heavy atom. The minimum atomic E-state index is -0.323. The molecule has 186 valence electrons. The van der Waals surface area contributed by atoms with Gasteiger partial charge in [0, 0.05) is 31.7 Å². The first-order valence-corrected chi connectivity index (χ1v) is 12.6. The summed E-state index contributed by atoms with van der Waals surface area (Å²) in [6.07, 6.45) is 3.10. The summed E-state index contributed by atoms with van der Waals surface area (Å²) in [7, 11) is 0. The van der Waals surface area contributed by atoms with Gasteiger partial charge in [-0.2, -0.15) is 0 Å². The fraction of sp³-hybridized carbons (Fsp3) is 0.233. The Balaban J connectivity index is 1.30. The molecule has 6 nitrogen and oxygen atoms in total. The van der Waals surface area contributed by atoms with E-state index in [0.717, 1.165) is 35.7 Å². The van der Waals surface area contributed by atoms with E-state index in [1.165, 1.54) is 28.2 Å². The predicted octanol–water partition coefficient (Wildman–Crippen LogP) is 4.22. The van der Waals surface area contributed by atoms with Crippen LogP contribution in [0.3, 0.4) is 0 Å². The lowest BCUT2D eigenvalue weighted by atomic mass is 10.0. The number of benzene rings is 3. The van der Waals surface area contributed by atoms with Crippen molar-refractivity contribution in [3.05, 3.63) is 116 Å². The first-order chi connectivity index (χ1) is 18.0. The van der Waals surface area contributed by atoms with Gasteiger partial charge in [-0.15, -0.1) is 0 Å². The van der Waals surface area contributed by atoms with E-state index in [9.17, 15) is 18.8 Å². The SMILES string of the molecule is O=C1c2ccccc2C(=O)N1CCn1c(=O)c(CNCc2ccc(F)cc2)cc2cc3c(cc21)CCC3. The molecule has 0 spiro atoms. The Morgan fingerprint density at radius 2 is 1.46 bits per heavy atom. The molecule has 2 aliphatic rings. The van der Waals surface area contributed by atoms with E-state index in [1.54, 1.807) is 41.0 Å². The second-order valence-electron chi connectivity index (χ2n) is 9.70. The maximum atomic E-state index is 13.6. The molecule has 0 saturated carbocycles. The third kappa shape index (κ3) is 4.25. The van der Waals surface area contributed by atoms with Crippen LogP contribution in [-0.4, -0.2) is 27.8 Å². The Morgan fingerprint density at radius 1 is 0.784 bits per heavy atom. The minimum Gasteiger partial charge on any atom is -0.308 e. The van der Waals surface area contributed by atoms with E-state index < -0.39 is 0 Å². The molecular formula is C30H26FN3O3. The van der Waals surface area contributed by atoms with Crippen LogP contribution in [0.15, 0.2) is 71.5 Å². The van der Waals surface area contributed by atoms with Crippen LogP contribution in [0.2, 0.25) is 0 Å². The smallest absolute Gasteiger partial charge is 0.261 e. The maximum Gasteiger partial charge on any atom is 0.261 e. The molecule has 1 aliphatic heterocycles. The third-order valence-electron chi connectivity index (χ3n) is 7.36. The molecule has 0 bridgehead atoms. The van der Waals surface area contributed by atoms with Crippen LogP contribution in [0.25, 0.3) is 10.9 Å².